The van der Waals surface area contributed by atoms with Crippen LogP contribution in [0.3, 0.4) is 0 Å². The Kier molecular flexibility index (Phi) is 3.97. The second-order valence-corrected chi connectivity index (χ2v) is 4.62. The van der Waals surface area contributed by atoms with Gasteiger partial charge in [-0.15, -0.1) is 0 Å². The first-order chi connectivity index (χ1) is 9.77. The van der Waals surface area contributed by atoms with Gasteiger partial charge in [-0.2, -0.15) is 18.3 Å². The van der Waals surface area contributed by atoms with Crippen molar-refractivity contribution in [1.82, 2.24) is 9.78 Å². The molecule has 0 aliphatic rings. The minimum atomic E-state index is -4.36. The van der Waals surface area contributed by atoms with Crippen LogP contribution in [-0.2, 0) is 13.2 Å². The Balaban J connectivity index is 2.14. The number of nitrogens with zero attached hydrogens (tertiary/aromatic N) is 2. The Bertz CT molecular complexity index is 682. The summed E-state index contributed by atoms with van der Waals surface area (Å²) in [7, 11) is 1.71. The number of aryl methyl sites for hydroxylation is 2. The Morgan fingerprint density at radius 2 is 1.86 bits per heavy atom. The molecule has 1 aromatic heterocycles. The van der Waals surface area contributed by atoms with Crippen molar-refractivity contribution in [2.24, 2.45) is 7.05 Å². The summed E-state index contributed by atoms with van der Waals surface area (Å²) in [6, 6.07) is 4.62. The van der Waals surface area contributed by atoms with Gasteiger partial charge in [0.15, 0.2) is 5.78 Å². The van der Waals surface area contributed by atoms with Crippen molar-refractivity contribution < 1.29 is 18.0 Å². The molecule has 0 bridgehead atoms. The zero-order valence-corrected chi connectivity index (χ0v) is 11.5. The normalized spacial score (nSPS) is 12.0. The number of rotatable bonds is 3. The average molecular weight is 294 g/mol. The smallest absolute Gasteiger partial charge is 0.289 e. The van der Waals surface area contributed by atoms with Gasteiger partial charge in [-0.25, -0.2) is 0 Å². The highest BCUT2D eigenvalue weighted by Crippen LogP contribution is 2.29. The number of hydrogen-bond donors (Lipinski definition) is 0. The molecular formula is C15H13F3N2O. The number of carbonyl (C=O) groups is 1. The summed E-state index contributed by atoms with van der Waals surface area (Å²) in [6.07, 6.45) is 0.0567. The molecule has 0 amide bonds. The van der Waals surface area contributed by atoms with Crippen molar-refractivity contribution in [3.05, 3.63) is 58.9 Å². The summed E-state index contributed by atoms with van der Waals surface area (Å²) < 4.78 is 38.8. The highest BCUT2D eigenvalue weighted by molar-refractivity contribution is 6.07. The van der Waals surface area contributed by atoms with Crippen LogP contribution in [0.1, 0.15) is 27.2 Å². The van der Waals surface area contributed by atoms with Crippen LogP contribution in [0.4, 0.5) is 13.2 Å². The summed E-state index contributed by atoms with van der Waals surface area (Å²) in [5.74, 6) is -0.236. The number of aromatic nitrogens is 2. The van der Waals surface area contributed by atoms with E-state index in [1.54, 1.807) is 20.2 Å². The fourth-order valence-corrected chi connectivity index (χ4v) is 1.89. The van der Waals surface area contributed by atoms with Crippen LogP contribution in [0.5, 0.6) is 0 Å². The molecule has 1 heterocycles. The predicted octanol–water partition coefficient (Wildman–Crippen LogP) is 3.64. The SMILES string of the molecule is Cc1nn(C)cc1C(=O)/C=C/c1ccc(C(F)(F)F)cc1. The molecule has 0 atom stereocenters. The second-order valence-electron chi connectivity index (χ2n) is 4.62. The Hall–Kier alpha value is -2.37. The molecule has 0 unspecified atom stereocenters. The predicted molar refractivity (Wildman–Crippen MR) is 72.8 cm³/mol. The van der Waals surface area contributed by atoms with E-state index in [0.29, 0.717) is 16.8 Å². The maximum atomic E-state index is 12.4. The van der Waals surface area contributed by atoms with Gasteiger partial charge in [-0.05, 0) is 30.7 Å². The summed E-state index contributed by atoms with van der Waals surface area (Å²) in [5, 5.41) is 4.06. The number of halogens is 3. The minimum Gasteiger partial charge on any atom is -0.289 e. The molecule has 0 aliphatic heterocycles. The van der Waals surface area contributed by atoms with E-state index in [0.717, 1.165) is 12.1 Å². The topological polar surface area (TPSA) is 34.9 Å². The molecule has 3 nitrogen and oxygen atoms in total. The maximum Gasteiger partial charge on any atom is 0.416 e. The third kappa shape index (κ3) is 3.59. The van der Waals surface area contributed by atoms with Gasteiger partial charge in [0.25, 0.3) is 0 Å². The molecule has 0 spiro atoms. The number of benzene rings is 1. The Morgan fingerprint density at radius 1 is 1.24 bits per heavy atom. The first-order valence-electron chi connectivity index (χ1n) is 6.17. The van der Waals surface area contributed by atoms with Crippen LogP contribution in [-0.4, -0.2) is 15.6 Å². The minimum absolute atomic E-state index is 0.236. The number of alkyl halides is 3. The number of ketones is 1. The van der Waals surface area contributed by atoms with E-state index in [-0.39, 0.29) is 5.78 Å². The van der Waals surface area contributed by atoms with Crippen molar-refractivity contribution in [2.75, 3.05) is 0 Å². The molecule has 2 aromatic rings. The van der Waals surface area contributed by atoms with Crippen LogP contribution >= 0.6 is 0 Å². The molecule has 0 saturated heterocycles. The van der Waals surface area contributed by atoms with Crippen LogP contribution in [0.2, 0.25) is 0 Å². The van der Waals surface area contributed by atoms with E-state index in [1.807, 2.05) is 0 Å². The maximum absolute atomic E-state index is 12.4. The molecule has 21 heavy (non-hydrogen) atoms. The van der Waals surface area contributed by atoms with Gasteiger partial charge in [-0.1, -0.05) is 18.2 Å². The van der Waals surface area contributed by atoms with E-state index in [1.165, 1.54) is 29.0 Å². The van der Waals surface area contributed by atoms with E-state index >= 15 is 0 Å². The Labute approximate surface area is 119 Å². The molecule has 0 radical (unpaired) electrons. The van der Waals surface area contributed by atoms with Crippen molar-refractivity contribution in [3.63, 3.8) is 0 Å². The van der Waals surface area contributed by atoms with Gasteiger partial charge in [0.1, 0.15) is 0 Å². The lowest BCUT2D eigenvalue weighted by atomic mass is 10.1. The molecule has 110 valence electrons. The summed E-state index contributed by atoms with van der Waals surface area (Å²) in [5.41, 5.74) is 0.896. The molecular weight excluding hydrogens is 281 g/mol. The fourth-order valence-electron chi connectivity index (χ4n) is 1.89. The molecule has 2 rings (SSSR count). The molecule has 6 heteroatoms. The molecule has 0 aliphatic carbocycles. The summed E-state index contributed by atoms with van der Waals surface area (Å²) in [4.78, 5) is 12.0. The molecule has 0 N–H and O–H groups in total. The van der Waals surface area contributed by atoms with Crippen molar-refractivity contribution in [1.29, 1.82) is 0 Å². The van der Waals surface area contributed by atoms with E-state index < -0.39 is 11.7 Å². The molecule has 0 saturated carbocycles. The number of allylic oxidation sites excluding steroid dienone is 1. The second kappa shape index (κ2) is 5.55. The molecule has 1 aromatic carbocycles. The van der Waals surface area contributed by atoms with E-state index in [2.05, 4.69) is 5.10 Å². The van der Waals surface area contributed by atoms with Gasteiger partial charge in [0.2, 0.25) is 0 Å². The van der Waals surface area contributed by atoms with Gasteiger partial charge < -0.3 is 0 Å². The first kappa shape index (κ1) is 15.0. The van der Waals surface area contributed by atoms with Gasteiger partial charge in [0, 0.05) is 13.2 Å². The highest BCUT2D eigenvalue weighted by atomic mass is 19.4. The molecule has 0 fully saturated rings. The van der Waals surface area contributed by atoms with Crippen LogP contribution in [0.15, 0.2) is 36.5 Å². The fraction of sp³-hybridized carbons (Fsp3) is 0.200. The van der Waals surface area contributed by atoms with Gasteiger partial charge in [0.05, 0.1) is 16.8 Å². The van der Waals surface area contributed by atoms with Crippen molar-refractivity contribution in [2.45, 2.75) is 13.1 Å². The average Bonchev–Trinajstić information content (AvgIpc) is 2.74. The van der Waals surface area contributed by atoms with E-state index in [4.69, 9.17) is 0 Å². The Morgan fingerprint density at radius 3 is 2.33 bits per heavy atom. The standard InChI is InChI=1S/C15H13F3N2O/c1-10-13(9-20(2)19-10)14(21)8-5-11-3-6-12(7-4-11)15(16,17)18/h3-9H,1-2H3/b8-5+. The lowest BCUT2D eigenvalue weighted by Crippen LogP contribution is -2.04. The monoisotopic (exact) mass is 294 g/mol. The quantitative estimate of drug-likeness (QED) is 0.640. The van der Waals surface area contributed by atoms with Crippen molar-refractivity contribution in [3.8, 4) is 0 Å². The largest absolute Gasteiger partial charge is 0.416 e. The zero-order valence-electron chi connectivity index (χ0n) is 11.5. The summed E-state index contributed by atoms with van der Waals surface area (Å²) in [6.45, 7) is 1.72. The third-order valence-corrected chi connectivity index (χ3v) is 2.94. The lowest BCUT2D eigenvalue weighted by molar-refractivity contribution is -0.137. The zero-order chi connectivity index (χ0) is 15.6. The number of carbonyl (C=O) groups excluding carboxylic acids is 1. The third-order valence-electron chi connectivity index (χ3n) is 2.94. The highest BCUT2D eigenvalue weighted by Gasteiger charge is 2.29. The first-order valence-corrected chi connectivity index (χ1v) is 6.17. The van der Waals surface area contributed by atoms with E-state index in [9.17, 15) is 18.0 Å². The van der Waals surface area contributed by atoms with Crippen LogP contribution in [0, 0.1) is 6.92 Å². The lowest BCUT2D eigenvalue weighted by Gasteiger charge is -2.05. The number of hydrogen-bond acceptors (Lipinski definition) is 2. The van der Waals surface area contributed by atoms with Crippen LogP contribution in [0.25, 0.3) is 6.08 Å². The summed E-state index contributed by atoms with van der Waals surface area (Å²) >= 11 is 0. The van der Waals surface area contributed by atoms with Crippen molar-refractivity contribution >= 4 is 11.9 Å². The van der Waals surface area contributed by atoms with Crippen LogP contribution < -0.4 is 0 Å². The van der Waals surface area contributed by atoms with Gasteiger partial charge >= 0.3 is 6.18 Å². The van der Waals surface area contributed by atoms with Gasteiger partial charge in [-0.3, -0.25) is 9.48 Å².